The molecule has 0 aliphatic carbocycles. The maximum Gasteiger partial charge on any atom is 0.289 e. The van der Waals surface area contributed by atoms with Gasteiger partial charge in [-0.15, -0.1) is 0 Å². The summed E-state index contributed by atoms with van der Waals surface area (Å²) in [6.07, 6.45) is 0. The van der Waals surface area contributed by atoms with Crippen LogP contribution in [0, 0.1) is 6.92 Å². The summed E-state index contributed by atoms with van der Waals surface area (Å²) in [5, 5.41) is 0. The van der Waals surface area contributed by atoms with Crippen LogP contribution >= 0.6 is 15.9 Å². The van der Waals surface area contributed by atoms with Crippen molar-refractivity contribution in [3.63, 3.8) is 0 Å². The van der Waals surface area contributed by atoms with Crippen molar-refractivity contribution in [2.24, 2.45) is 0 Å². The first-order chi connectivity index (χ1) is 8.08. The van der Waals surface area contributed by atoms with Crippen molar-refractivity contribution < 1.29 is 14.3 Å². The Balaban J connectivity index is 2.25. The summed E-state index contributed by atoms with van der Waals surface area (Å²) in [7, 11) is 1.74. The molecule has 1 heterocycles. The molecule has 0 N–H and O–H groups in total. The van der Waals surface area contributed by atoms with Crippen LogP contribution in [-0.2, 0) is 6.54 Å². The Bertz CT molecular complexity index is 448. The third-order valence-electron chi connectivity index (χ3n) is 2.71. The number of nitrogens with zero attached hydrogens (tertiary/aromatic N) is 1. The van der Waals surface area contributed by atoms with E-state index >= 15 is 0 Å². The Morgan fingerprint density at radius 1 is 1.35 bits per heavy atom. The molecule has 0 saturated heterocycles. The van der Waals surface area contributed by atoms with E-state index in [1.165, 1.54) is 0 Å². The predicted octanol–water partition coefficient (Wildman–Crippen LogP) is 2.71. The molecule has 0 aromatic heterocycles. The van der Waals surface area contributed by atoms with Gasteiger partial charge < -0.3 is 14.4 Å². The van der Waals surface area contributed by atoms with E-state index in [9.17, 15) is 4.79 Å². The van der Waals surface area contributed by atoms with Crippen LogP contribution < -0.4 is 9.47 Å². The summed E-state index contributed by atoms with van der Waals surface area (Å²) in [5.41, 5.74) is 2.15. The Kier molecular flexibility index (Phi) is 3.57. The second-order valence-electron chi connectivity index (χ2n) is 4.03. The number of carbonyl (C=O) groups excluding carboxylic acids is 1. The number of ether oxygens (including phenoxy) is 2. The molecule has 1 aromatic carbocycles. The van der Waals surface area contributed by atoms with Crippen LogP contribution in [0.3, 0.4) is 0 Å². The van der Waals surface area contributed by atoms with Crippen LogP contribution in [0.2, 0.25) is 0 Å². The quantitative estimate of drug-likeness (QED) is 0.622. The van der Waals surface area contributed by atoms with Crippen LogP contribution in [0.1, 0.15) is 11.1 Å². The molecule has 0 radical (unpaired) electrons. The van der Waals surface area contributed by atoms with Crippen molar-refractivity contribution >= 4 is 20.7 Å². The first-order valence-electron chi connectivity index (χ1n) is 5.37. The molecule has 5 heteroatoms. The third-order valence-corrected chi connectivity index (χ3v) is 3.31. The minimum Gasteiger partial charge on any atom is -0.486 e. The fraction of sp³-hybridized carbons (Fsp3) is 0.417. The molecule has 1 aromatic rings. The SMILES string of the molecule is Cc1cc2c(cc1CN(C)C(=O)Br)OCCO2. The van der Waals surface area contributed by atoms with Crippen LogP contribution in [0.25, 0.3) is 0 Å². The Labute approximate surface area is 109 Å². The zero-order chi connectivity index (χ0) is 12.4. The monoisotopic (exact) mass is 299 g/mol. The van der Waals surface area contributed by atoms with Crippen molar-refractivity contribution in [3.05, 3.63) is 23.3 Å². The average Bonchev–Trinajstić information content (AvgIpc) is 2.29. The Morgan fingerprint density at radius 2 is 1.94 bits per heavy atom. The number of aryl methyl sites for hydroxylation is 1. The molecule has 0 atom stereocenters. The van der Waals surface area contributed by atoms with E-state index in [0.717, 1.165) is 22.6 Å². The van der Waals surface area contributed by atoms with Gasteiger partial charge in [-0.25, -0.2) is 0 Å². The molecule has 1 amide bonds. The number of amides is 1. The summed E-state index contributed by atoms with van der Waals surface area (Å²) in [6.45, 7) is 3.71. The van der Waals surface area contributed by atoms with Gasteiger partial charge in [0.05, 0.1) is 0 Å². The average molecular weight is 300 g/mol. The van der Waals surface area contributed by atoms with E-state index in [1.807, 2.05) is 19.1 Å². The van der Waals surface area contributed by atoms with E-state index < -0.39 is 0 Å². The lowest BCUT2D eigenvalue weighted by molar-refractivity contribution is 0.171. The molecule has 0 saturated carbocycles. The van der Waals surface area contributed by atoms with Gasteiger partial charge in [0, 0.05) is 29.5 Å². The molecule has 0 bridgehead atoms. The van der Waals surface area contributed by atoms with Crippen LogP contribution in [0.15, 0.2) is 12.1 Å². The lowest BCUT2D eigenvalue weighted by atomic mass is 10.1. The molecule has 4 nitrogen and oxygen atoms in total. The molecule has 1 aliphatic heterocycles. The fourth-order valence-corrected chi connectivity index (χ4v) is 1.85. The molecule has 17 heavy (non-hydrogen) atoms. The topological polar surface area (TPSA) is 38.8 Å². The van der Waals surface area contributed by atoms with Gasteiger partial charge in [0.2, 0.25) is 0 Å². The highest BCUT2D eigenvalue weighted by Gasteiger charge is 2.15. The summed E-state index contributed by atoms with van der Waals surface area (Å²) < 4.78 is 11.0. The molecular weight excluding hydrogens is 286 g/mol. The fourth-order valence-electron chi connectivity index (χ4n) is 1.72. The second-order valence-corrected chi connectivity index (χ2v) is 4.71. The van der Waals surface area contributed by atoms with E-state index in [1.54, 1.807) is 11.9 Å². The van der Waals surface area contributed by atoms with Gasteiger partial charge in [0.15, 0.2) is 11.5 Å². The van der Waals surface area contributed by atoms with Crippen molar-refractivity contribution in [3.8, 4) is 11.5 Å². The number of carbonyl (C=O) groups is 1. The van der Waals surface area contributed by atoms with Crippen molar-refractivity contribution in [1.29, 1.82) is 0 Å². The number of hydrogen-bond acceptors (Lipinski definition) is 3. The van der Waals surface area contributed by atoms with E-state index in [-0.39, 0.29) is 4.82 Å². The number of benzene rings is 1. The standard InChI is InChI=1S/C12H14BrNO3/c1-8-5-10-11(17-4-3-16-10)6-9(8)7-14(2)12(13)15/h5-6H,3-4,7H2,1-2H3. The number of fused-ring (bicyclic) bond motifs is 1. The van der Waals surface area contributed by atoms with Crippen molar-refractivity contribution in [2.45, 2.75) is 13.5 Å². The summed E-state index contributed by atoms with van der Waals surface area (Å²) in [5.74, 6) is 1.54. The van der Waals surface area contributed by atoms with Gasteiger partial charge in [-0.3, -0.25) is 4.79 Å². The van der Waals surface area contributed by atoms with Crippen molar-refractivity contribution in [2.75, 3.05) is 20.3 Å². The zero-order valence-electron chi connectivity index (χ0n) is 9.83. The van der Waals surface area contributed by atoms with Crippen molar-refractivity contribution in [1.82, 2.24) is 4.90 Å². The predicted molar refractivity (Wildman–Crippen MR) is 68.0 cm³/mol. The number of hydrogen-bond donors (Lipinski definition) is 0. The molecule has 1 aliphatic rings. The molecule has 0 fully saturated rings. The summed E-state index contributed by atoms with van der Waals surface area (Å²) in [6, 6.07) is 3.90. The van der Waals surface area contributed by atoms with Gasteiger partial charge in [0.1, 0.15) is 13.2 Å². The maximum absolute atomic E-state index is 11.1. The van der Waals surface area contributed by atoms with Gasteiger partial charge in [-0.05, 0) is 30.2 Å². The summed E-state index contributed by atoms with van der Waals surface area (Å²) in [4.78, 5) is 12.6. The van der Waals surface area contributed by atoms with Crippen LogP contribution in [0.4, 0.5) is 4.79 Å². The minimum absolute atomic E-state index is 0.133. The summed E-state index contributed by atoms with van der Waals surface area (Å²) >= 11 is 2.93. The largest absolute Gasteiger partial charge is 0.486 e. The molecule has 0 spiro atoms. The lowest BCUT2D eigenvalue weighted by Crippen LogP contribution is -2.21. The van der Waals surface area contributed by atoms with Crippen LogP contribution in [0.5, 0.6) is 11.5 Å². The Hall–Kier alpha value is -1.23. The molecular formula is C12H14BrNO3. The molecule has 0 unspecified atom stereocenters. The highest BCUT2D eigenvalue weighted by Crippen LogP contribution is 2.33. The van der Waals surface area contributed by atoms with Gasteiger partial charge >= 0.3 is 0 Å². The van der Waals surface area contributed by atoms with Gasteiger partial charge in [0.25, 0.3) is 4.82 Å². The highest BCUT2D eigenvalue weighted by atomic mass is 79.9. The third kappa shape index (κ3) is 2.72. The molecule has 92 valence electrons. The van der Waals surface area contributed by atoms with E-state index in [0.29, 0.717) is 19.8 Å². The minimum atomic E-state index is -0.133. The van der Waals surface area contributed by atoms with E-state index in [2.05, 4.69) is 15.9 Å². The lowest BCUT2D eigenvalue weighted by Gasteiger charge is -2.22. The van der Waals surface area contributed by atoms with Gasteiger partial charge in [-0.2, -0.15) is 0 Å². The number of halogens is 1. The Morgan fingerprint density at radius 3 is 2.53 bits per heavy atom. The van der Waals surface area contributed by atoms with E-state index in [4.69, 9.17) is 9.47 Å². The first kappa shape index (κ1) is 12.2. The maximum atomic E-state index is 11.1. The van der Waals surface area contributed by atoms with Gasteiger partial charge in [-0.1, -0.05) is 0 Å². The smallest absolute Gasteiger partial charge is 0.289 e. The second kappa shape index (κ2) is 4.96. The normalized spacial score (nSPS) is 13.4. The highest BCUT2D eigenvalue weighted by molar-refractivity contribution is 9.18. The molecule has 2 rings (SSSR count). The number of rotatable bonds is 2. The van der Waals surface area contributed by atoms with Crippen LogP contribution in [-0.4, -0.2) is 30.0 Å². The zero-order valence-corrected chi connectivity index (χ0v) is 11.4. The first-order valence-corrected chi connectivity index (χ1v) is 6.17.